The molecule has 2 unspecified atom stereocenters. The summed E-state index contributed by atoms with van der Waals surface area (Å²) in [5.41, 5.74) is 0.478. The van der Waals surface area contributed by atoms with Crippen LogP contribution in [0.25, 0.3) is 0 Å². The van der Waals surface area contributed by atoms with E-state index in [4.69, 9.17) is 14.2 Å². The lowest BCUT2D eigenvalue weighted by Crippen LogP contribution is -2.30. The standard InChI is InChI=1S/C23H34F2O3/c1-3-13-26-21-12-11-20(22(24)23(21)25)17-6-9-19(10-7-17)28-15-16-5-8-18(4-2)27-14-16/h11-12,16-19H,3-10,13-15H2,1-2H3. The second kappa shape index (κ2) is 10.5. The summed E-state index contributed by atoms with van der Waals surface area (Å²) in [6.45, 7) is 6.04. The van der Waals surface area contributed by atoms with E-state index in [0.717, 1.165) is 58.2 Å². The van der Waals surface area contributed by atoms with Gasteiger partial charge in [0.15, 0.2) is 11.6 Å². The van der Waals surface area contributed by atoms with Crippen LogP contribution in [0.1, 0.15) is 76.7 Å². The van der Waals surface area contributed by atoms with Gasteiger partial charge in [0.25, 0.3) is 0 Å². The third-order valence-corrected chi connectivity index (χ3v) is 6.14. The number of ether oxygens (including phenoxy) is 3. The van der Waals surface area contributed by atoms with Gasteiger partial charge in [0.2, 0.25) is 5.82 Å². The van der Waals surface area contributed by atoms with Crippen LogP contribution in [-0.4, -0.2) is 32.0 Å². The summed E-state index contributed by atoms with van der Waals surface area (Å²) in [7, 11) is 0. The summed E-state index contributed by atoms with van der Waals surface area (Å²) >= 11 is 0. The highest BCUT2D eigenvalue weighted by molar-refractivity contribution is 5.33. The summed E-state index contributed by atoms with van der Waals surface area (Å²) < 4.78 is 46.0. The summed E-state index contributed by atoms with van der Waals surface area (Å²) in [6, 6.07) is 3.26. The second-order valence-electron chi connectivity index (χ2n) is 8.24. The monoisotopic (exact) mass is 396 g/mol. The van der Waals surface area contributed by atoms with Crippen LogP contribution in [0.5, 0.6) is 5.75 Å². The van der Waals surface area contributed by atoms with Crippen molar-refractivity contribution < 1.29 is 23.0 Å². The highest BCUT2D eigenvalue weighted by atomic mass is 19.2. The highest BCUT2D eigenvalue weighted by Crippen LogP contribution is 2.37. The van der Waals surface area contributed by atoms with Crippen molar-refractivity contribution in [3.8, 4) is 5.75 Å². The molecule has 5 heteroatoms. The molecule has 1 saturated heterocycles. The second-order valence-corrected chi connectivity index (χ2v) is 8.24. The Morgan fingerprint density at radius 2 is 1.79 bits per heavy atom. The maximum absolute atomic E-state index is 14.5. The Kier molecular flexibility index (Phi) is 8.10. The fourth-order valence-electron chi connectivity index (χ4n) is 4.31. The quantitative estimate of drug-likeness (QED) is 0.539. The van der Waals surface area contributed by atoms with E-state index in [9.17, 15) is 8.78 Å². The Balaban J connectivity index is 1.45. The summed E-state index contributed by atoms with van der Waals surface area (Å²) in [6.07, 6.45) is 8.23. The Labute approximate surface area is 167 Å². The lowest BCUT2D eigenvalue weighted by Gasteiger charge is -2.32. The van der Waals surface area contributed by atoms with Gasteiger partial charge in [0.1, 0.15) is 0 Å². The average molecular weight is 397 g/mol. The molecule has 1 aromatic carbocycles. The average Bonchev–Trinajstić information content (AvgIpc) is 2.74. The van der Waals surface area contributed by atoms with Gasteiger partial charge in [0, 0.05) is 5.92 Å². The largest absolute Gasteiger partial charge is 0.490 e. The lowest BCUT2D eigenvalue weighted by molar-refractivity contribution is -0.0633. The predicted octanol–water partition coefficient (Wildman–Crippen LogP) is 6.00. The summed E-state index contributed by atoms with van der Waals surface area (Å²) in [5.74, 6) is -1.05. The zero-order valence-electron chi connectivity index (χ0n) is 17.2. The molecule has 2 aliphatic rings. The van der Waals surface area contributed by atoms with Crippen LogP contribution in [-0.2, 0) is 9.47 Å². The molecule has 0 bridgehead atoms. The minimum absolute atomic E-state index is 0.0140. The zero-order chi connectivity index (χ0) is 19.9. The van der Waals surface area contributed by atoms with Crippen LogP contribution in [0.2, 0.25) is 0 Å². The topological polar surface area (TPSA) is 27.7 Å². The fraction of sp³-hybridized carbons (Fsp3) is 0.739. The third-order valence-electron chi connectivity index (χ3n) is 6.14. The van der Waals surface area contributed by atoms with Crippen molar-refractivity contribution in [1.82, 2.24) is 0 Å². The Hall–Kier alpha value is -1.20. The maximum Gasteiger partial charge on any atom is 0.200 e. The van der Waals surface area contributed by atoms with E-state index in [1.54, 1.807) is 12.1 Å². The van der Waals surface area contributed by atoms with Gasteiger partial charge in [-0.25, -0.2) is 4.39 Å². The molecule has 2 atom stereocenters. The van der Waals surface area contributed by atoms with E-state index in [2.05, 4.69) is 6.92 Å². The minimum atomic E-state index is -0.855. The van der Waals surface area contributed by atoms with Gasteiger partial charge < -0.3 is 14.2 Å². The molecule has 0 radical (unpaired) electrons. The van der Waals surface area contributed by atoms with Gasteiger partial charge in [-0.15, -0.1) is 0 Å². The molecule has 2 fully saturated rings. The van der Waals surface area contributed by atoms with Crippen molar-refractivity contribution in [1.29, 1.82) is 0 Å². The van der Waals surface area contributed by atoms with Gasteiger partial charge in [0.05, 0.1) is 32.0 Å². The Bertz CT molecular complexity index is 606. The van der Waals surface area contributed by atoms with E-state index in [-0.39, 0.29) is 17.8 Å². The van der Waals surface area contributed by atoms with E-state index >= 15 is 0 Å². The molecule has 3 rings (SSSR count). The van der Waals surface area contributed by atoms with Crippen LogP contribution in [0.15, 0.2) is 12.1 Å². The van der Waals surface area contributed by atoms with Crippen molar-refractivity contribution in [2.45, 2.75) is 83.3 Å². The van der Waals surface area contributed by atoms with E-state index in [1.807, 2.05) is 6.92 Å². The van der Waals surface area contributed by atoms with Crippen LogP contribution < -0.4 is 4.74 Å². The third kappa shape index (κ3) is 5.44. The van der Waals surface area contributed by atoms with Crippen LogP contribution in [0.3, 0.4) is 0 Å². The lowest BCUT2D eigenvalue weighted by atomic mass is 9.82. The Morgan fingerprint density at radius 1 is 1.00 bits per heavy atom. The molecule has 0 N–H and O–H groups in total. The van der Waals surface area contributed by atoms with Crippen molar-refractivity contribution in [3.05, 3.63) is 29.3 Å². The maximum atomic E-state index is 14.5. The number of hydrogen-bond donors (Lipinski definition) is 0. The van der Waals surface area contributed by atoms with Crippen LogP contribution in [0.4, 0.5) is 8.78 Å². The summed E-state index contributed by atoms with van der Waals surface area (Å²) in [4.78, 5) is 0. The molecule has 3 nitrogen and oxygen atoms in total. The summed E-state index contributed by atoms with van der Waals surface area (Å²) in [5, 5.41) is 0. The Morgan fingerprint density at radius 3 is 2.43 bits per heavy atom. The van der Waals surface area contributed by atoms with E-state index < -0.39 is 11.6 Å². The first kappa shape index (κ1) is 21.5. The predicted molar refractivity (Wildman–Crippen MR) is 106 cm³/mol. The number of halogens is 2. The van der Waals surface area contributed by atoms with E-state index in [0.29, 0.717) is 24.2 Å². The van der Waals surface area contributed by atoms with Crippen molar-refractivity contribution >= 4 is 0 Å². The number of rotatable bonds is 8. The molecule has 0 amide bonds. The molecule has 158 valence electrons. The minimum Gasteiger partial charge on any atom is -0.490 e. The molecule has 0 spiro atoms. The first-order valence-electron chi connectivity index (χ1n) is 11.0. The normalized spacial score (nSPS) is 28.3. The van der Waals surface area contributed by atoms with Crippen LogP contribution in [0, 0.1) is 17.6 Å². The number of benzene rings is 1. The molecule has 0 aromatic heterocycles. The fourth-order valence-corrected chi connectivity index (χ4v) is 4.31. The van der Waals surface area contributed by atoms with E-state index in [1.165, 1.54) is 6.42 Å². The molecule has 1 aliphatic heterocycles. The molecule has 1 heterocycles. The molecular weight excluding hydrogens is 362 g/mol. The van der Waals surface area contributed by atoms with Gasteiger partial charge in [-0.05, 0) is 68.9 Å². The molecule has 1 aromatic rings. The first-order chi connectivity index (χ1) is 13.6. The van der Waals surface area contributed by atoms with Crippen molar-refractivity contribution in [2.24, 2.45) is 5.92 Å². The molecular formula is C23H34F2O3. The van der Waals surface area contributed by atoms with Gasteiger partial charge in [-0.3, -0.25) is 0 Å². The molecule has 28 heavy (non-hydrogen) atoms. The number of hydrogen-bond acceptors (Lipinski definition) is 3. The highest BCUT2D eigenvalue weighted by Gasteiger charge is 2.28. The molecule has 1 saturated carbocycles. The van der Waals surface area contributed by atoms with Gasteiger partial charge in [-0.1, -0.05) is 19.9 Å². The SMILES string of the molecule is CCCOc1ccc(C2CCC(OCC3CCC(CC)OC3)CC2)c(F)c1F. The van der Waals surface area contributed by atoms with Crippen molar-refractivity contribution in [2.75, 3.05) is 19.8 Å². The van der Waals surface area contributed by atoms with Crippen LogP contribution >= 0.6 is 0 Å². The molecule has 1 aliphatic carbocycles. The zero-order valence-corrected chi connectivity index (χ0v) is 17.2. The van der Waals surface area contributed by atoms with Crippen molar-refractivity contribution in [3.63, 3.8) is 0 Å². The smallest absolute Gasteiger partial charge is 0.200 e. The first-order valence-corrected chi connectivity index (χ1v) is 11.0. The van der Waals surface area contributed by atoms with Gasteiger partial charge in [-0.2, -0.15) is 4.39 Å². The van der Waals surface area contributed by atoms with Gasteiger partial charge >= 0.3 is 0 Å².